The van der Waals surface area contributed by atoms with Gasteiger partial charge in [0.2, 0.25) is 0 Å². The molecular weight excluding hydrogens is 234 g/mol. The molecule has 86 valence electrons. The lowest BCUT2D eigenvalue weighted by Crippen LogP contribution is -1.97. The third-order valence-electron chi connectivity index (χ3n) is 2.29. The summed E-state index contributed by atoms with van der Waals surface area (Å²) >= 11 is 5.82. The molecule has 0 N–H and O–H groups in total. The summed E-state index contributed by atoms with van der Waals surface area (Å²) in [7, 11) is 0. The maximum Gasteiger partial charge on any atom is 0.157 e. The average molecular weight is 246 g/mol. The lowest BCUT2D eigenvalue weighted by atomic mass is 10.1. The van der Waals surface area contributed by atoms with Crippen molar-refractivity contribution in [2.24, 2.45) is 5.16 Å². The number of benzene rings is 2. The molecule has 0 unspecified atom stereocenters. The van der Waals surface area contributed by atoms with E-state index in [2.05, 4.69) is 5.16 Å². The van der Waals surface area contributed by atoms with E-state index in [9.17, 15) is 0 Å². The van der Waals surface area contributed by atoms with Crippen LogP contribution in [-0.4, -0.2) is 5.71 Å². The Balaban J connectivity index is 2.10. The minimum atomic E-state index is 0.713. The summed E-state index contributed by atoms with van der Waals surface area (Å²) in [5.74, 6) is 0.723. The number of para-hydroxylation sites is 1. The number of oxime groups is 1. The first-order valence-electron chi connectivity index (χ1n) is 5.28. The molecule has 0 fully saturated rings. The minimum absolute atomic E-state index is 0.713. The first-order valence-corrected chi connectivity index (χ1v) is 5.66. The van der Waals surface area contributed by atoms with Crippen LogP contribution in [0.15, 0.2) is 59.8 Å². The molecule has 2 aromatic carbocycles. The summed E-state index contributed by atoms with van der Waals surface area (Å²) in [5, 5.41) is 4.78. The highest BCUT2D eigenvalue weighted by Crippen LogP contribution is 2.12. The summed E-state index contributed by atoms with van der Waals surface area (Å²) in [5.41, 5.74) is 1.80. The van der Waals surface area contributed by atoms with E-state index in [1.165, 1.54) is 0 Å². The Morgan fingerprint density at radius 1 is 1.00 bits per heavy atom. The topological polar surface area (TPSA) is 21.6 Å². The second kappa shape index (κ2) is 5.51. The van der Waals surface area contributed by atoms with Gasteiger partial charge >= 0.3 is 0 Å². The summed E-state index contributed by atoms with van der Waals surface area (Å²) in [4.78, 5) is 5.31. The molecule has 3 heteroatoms. The highest BCUT2D eigenvalue weighted by Gasteiger charge is 1.98. The first kappa shape index (κ1) is 11.7. The normalized spacial score (nSPS) is 11.3. The predicted octanol–water partition coefficient (Wildman–Crippen LogP) is 4.14. The molecule has 2 aromatic rings. The zero-order chi connectivity index (χ0) is 12.1. The van der Waals surface area contributed by atoms with Gasteiger partial charge in [-0.1, -0.05) is 47.1 Å². The van der Waals surface area contributed by atoms with Crippen LogP contribution >= 0.6 is 11.6 Å². The second-order valence-corrected chi connectivity index (χ2v) is 4.02. The quantitative estimate of drug-likeness (QED) is 0.588. The monoisotopic (exact) mass is 245 g/mol. The van der Waals surface area contributed by atoms with Gasteiger partial charge in [0, 0.05) is 5.02 Å². The smallest absolute Gasteiger partial charge is 0.157 e. The van der Waals surface area contributed by atoms with Crippen molar-refractivity contribution < 1.29 is 4.84 Å². The largest absolute Gasteiger partial charge is 0.357 e. The van der Waals surface area contributed by atoms with Gasteiger partial charge in [-0.3, -0.25) is 0 Å². The van der Waals surface area contributed by atoms with Crippen molar-refractivity contribution in [1.82, 2.24) is 0 Å². The van der Waals surface area contributed by atoms with Gasteiger partial charge in [0.25, 0.3) is 0 Å². The summed E-state index contributed by atoms with van der Waals surface area (Å²) in [6, 6.07) is 17.0. The SMILES string of the molecule is C/C(=N\Oc1ccccc1)c1ccc(Cl)cc1. The number of hydrogen-bond donors (Lipinski definition) is 0. The molecule has 0 radical (unpaired) electrons. The van der Waals surface area contributed by atoms with Crippen LogP contribution in [-0.2, 0) is 0 Å². The van der Waals surface area contributed by atoms with Crippen molar-refractivity contribution in [1.29, 1.82) is 0 Å². The molecule has 17 heavy (non-hydrogen) atoms. The molecule has 0 amide bonds. The van der Waals surface area contributed by atoms with Crippen LogP contribution in [0.4, 0.5) is 0 Å². The van der Waals surface area contributed by atoms with E-state index in [1.54, 1.807) is 0 Å². The maximum atomic E-state index is 5.82. The molecule has 0 bridgehead atoms. The van der Waals surface area contributed by atoms with Crippen molar-refractivity contribution >= 4 is 17.3 Å². The van der Waals surface area contributed by atoms with Crippen LogP contribution in [0.5, 0.6) is 5.75 Å². The minimum Gasteiger partial charge on any atom is -0.357 e. The molecule has 2 nitrogen and oxygen atoms in total. The van der Waals surface area contributed by atoms with Crippen molar-refractivity contribution in [3.63, 3.8) is 0 Å². The Morgan fingerprint density at radius 3 is 2.29 bits per heavy atom. The van der Waals surface area contributed by atoms with Gasteiger partial charge in [0.05, 0.1) is 5.71 Å². The molecule has 2 rings (SSSR count). The van der Waals surface area contributed by atoms with E-state index >= 15 is 0 Å². The highest BCUT2D eigenvalue weighted by atomic mass is 35.5. The Morgan fingerprint density at radius 2 is 1.65 bits per heavy atom. The van der Waals surface area contributed by atoms with Crippen LogP contribution in [0.2, 0.25) is 5.02 Å². The second-order valence-electron chi connectivity index (χ2n) is 3.59. The van der Waals surface area contributed by atoms with Gasteiger partial charge in [-0.05, 0) is 36.8 Å². The van der Waals surface area contributed by atoms with Crippen LogP contribution in [0.1, 0.15) is 12.5 Å². The molecule has 0 saturated heterocycles. The van der Waals surface area contributed by atoms with Gasteiger partial charge in [-0.25, -0.2) is 0 Å². The molecule has 0 atom stereocenters. The molecule has 0 aliphatic carbocycles. The number of rotatable bonds is 3. The third-order valence-corrected chi connectivity index (χ3v) is 2.55. The molecule has 0 aliphatic rings. The number of hydrogen-bond acceptors (Lipinski definition) is 2. The van der Waals surface area contributed by atoms with Gasteiger partial charge < -0.3 is 4.84 Å². The van der Waals surface area contributed by atoms with Crippen molar-refractivity contribution in [3.8, 4) is 5.75 Å². The van der Waals surface area contributed by atoms with E-state index in [0.717, 1.165) is 17.0 Å². The lowest BCUT2D eigenvalue weighted by Gasteiger charge is -2.02. The van der Waals surface area contributed by atoms with E-state index in [-0.39, 0.29) is 0 Å². The molecule has 0 aliphatic heterocycles. The average Bonchev–Trinajstić information content (AvgIpc) is 2.38. The molecule has 0 heterocycles. The Bertz CT molecular complexity index is 506. The van der Waals surface area contributed by atoms with Gasteiger partial charge in [0.15, 0.2) is 5.75 Å². The van der Waals surface area contributed by atoms with Crippen molar-refractivity contribution in [3.05, 3.63) is 65.2 Å². The Kier molecular flexibility index (Phi) is 3.78. The zero-order valence-corrected chi connectivity index (χ0v) is 10.2. The summed E-state index contributed by atoms with van der Waals surface area (Å²) in [6.07, 6.45) is 0. The lowest BCUT2D eigenvalue weighted by molar-refractivity contribution is 0.341. The molecular formula is C14H12ClNO. The van der Waals surface area contributed by atoms with Crippen LogP contribution in [0.25, 0.3) is 0 Å². The zero-order valence-electron chi connectivity index (χ0n) is 9.43. The fourth-order valence-electron chi connectivity index (χ4n) is 1.35. The Labute approximate surface area is 105 Å². The van der Waals surface area contributed by atoms with Crippen LogP contribution in [0.3, 0.4) is 0 Å². The fraction of sp³-hybridized carbons (Fsp3) is 0.0714. The Hall–Kier alpha value is -1.80. The molecule has 0 aromatic heterocycles. The predicted molar refractivity (Wildman–Crippen MR) is 70.7 cm³/mol. The van der Waals surface area contributed by atoms with Gasteiger partial charge in [-0.2, -0.15) is 0 Å². The fourth-order valence-corrected chi connectivity index (χ4v) is 1.47. The summed E-state index contributed by atoms with van der Waals surface area (Å²) in [6.45, 7) is 1.90. The van der Waals surface area contributed by atoms with E-state index in [4.69, 9.17) is 16.4 Å². The first-order chi connectivity index (χ1) is 8.25. The highest BCUT2D eigenvalue weighted by molar-refractivity contribution is 6.30. The van der Waals surface area contributed by atoms with Crippen LogP contribution in [0, 0.1) is 0 Å². The van der Waals surface area contributed by atoms with Gasteiger partial charge in [-0.15, -0.1) is 0 Å². The molecule has 0 saturated carbocycles. The third kappa shape index (κ3) is 3.33. The van der Waals surface area contributed by atoms with Crippen molar-refractivity contribution in [2.45, 2.75) is 6.92 Å². The standard InChI is InChI=1S/C14H12ClNO/c1-11(12-7-9-13(15)10-8-12)16-17-14-5-3-2-4-6-14/h2-10H,1H3/b16-11+. The maximum absolute atomic E-state index is 5.82. The summed E-state index contributed by atoms with van der Waals surface area (Å²) < 4.78 is 0. The van der Waals surface area contributed by atoms with E-state index in [1.807, 2.05) is 61.5 Å². The molecule has 0 spiro atoms. The van der Waals surface area contributed by atoms with Gasteiger partial charge in [0.1, 0.15) is 0 Å². The van der Waals surface area contributed by atoms with Crippen LogP contribution < -0.4 is 4.84 Å². The van der Waals surface area contributed by atoms with Crippen molar-refractivity contribution in [2.75, 3.05) is 0 Å². The number of halogens is 1. The number of nitrogens with zero attached hydrogens (tertiary/aromatic N) is 1. The van der Waals surface area contributed by atoms with E-state index < -0.39 is 0 Å². The van der Waals surface area contributed by atoms with E-state index in [0.29, 0.717) is 5.02 Å².